The molecule has 7 fully saturated rings. The zero-order valence-electron chi connectivity index (χ0n) is 42.5. The van der Waals surface area contributed by atoms with Crippen molar-refractivity contribution in [3.63, 3.8) is 0 Å². The maximum Gasteiger partial charge on any atom is 0.0621 e. The summed E-state index contributed by atoms with van der Waals surface area (Å²) < 4.78 is 0. The van der Waals surface area contributed by atoms with E-state index < -0.39 is 54.9 Å². The molecule has 384 valence electrons. The van der Waals surface area contributed by atoms with Gasteiger partial charge in [0.15, 0.2) is 0 Å². The summed E-state index contributed by atoms with van der Waals surface area (Å²) in [7, 11) is 0. The van der Waals surface area contributed by atoms with Gasteiger partial charge in [-0.2, -0.15) is 0 Å². The fraction of sp³-hybridized carbons (Fsp3) is 1.00. The lowest BCUT2D eigenvalue weighted by atomic mass is 9.57. The van der Waals surface area contributed by atoms with Crippen molar-refractivity contribution in [2.24, 2.45) is 118 Å². The largest absolute Gasteiger partial charge is 0.393 e. The zero-order valence-corrected chi connectivity index (χ0v) is 42.5. The molecule has 30 unspecified atom stereocenters. The fourth-order valence-electron chi connectivity index (χ4n) is 17.3. The third kappa shape index (κ3) is 11.8. The van der Waals surface area contributed by atoms with E-state index in [4.69, 9.17) is 0 Å². The van der Waals surface area contributed by atoms with E-state index in [9.17, 15) is 51.1 Å². The predicted molar refractivity (Wildman–Crippen MR) is 258 cm³/mol. The normalized spacial score (nSPS) is 55.4. The van der Waals surface area contributed by atoms with Crippen LogP contribution in [0.5, 0.6) is 0 Å². The van der Waals surface area contributed by atoms with Gasteiger partial charge in [-0.15, -0.1) is 0 Å². The van der Waals surface area contributed by atoms with Crippen LogP contribution in [0, 0.1) is 118 Å². The summed E-state index contributed by atoms with van der Waals surface area (Å²) in [5.41, 5.74) is 0. The predicted octanol–water partition coefficient (Wildman–Crippen LogP) is 7.20. The van der Waals surface area contributed by atoms with Crippen LogP contribution in [0.4, 0.5) is 0 Å². The fourth-order valence-corrected chi connectivity index (χ4v) is 17.3. The second-order valence-corrected chi connectivity index (χ2v) is 26.2. The monoisotopic (exact) mass is 933 g/mol. The molecule has 0 heterocycles. The van der Waals surface area contributed by atoms with Gasteiger partial charge in [0.2, 0.25) is 0 Å². The Labute approximate surface area is 400 Å². The summed E-state index contributed by atoms with van der Waals surface area (Å²) in [6.07, 6.45) is 9.01. The van der Waals surface area contributed by atoms with Crippen LogP contribution in [-0.2, 0) is 0 Å². The molecule has 30 atom stereocenters. The van der Waals surface area contributed by atoms with Gasteiger partial charge in [-0.05, 0) is 228 Å². The topological polar surface area (TPSA) is 202 Å². The molecule has 7 rings (SSSR count). The number of aliphatic hydroxyl groups excluding tert-OH is 10. The first-order valence-electron chi connectivity index (χ1n) is 27.9. The minimum absolute atomic E-state index is 0.0103. The van der Waals surface area contributed by atoms with Crippen molar-refractivity contribution in [1.82, 2.24) is 0 Å². The minimum Gasteiger partial charge on any atom is -0.393 e. The molecule has 0 saturated heterocycles. The van der Waals surface area contributed by atoms with E-state index in [1.54, 1.807) is 0 Å². The average Bonchev–Trinajstić information content (AvgIpc) is 3.25. The molecule has 10 N–H and O–H groups in total. The maximum absolute atomic E-state index is 12.4. The van der Waals surface area contributed by atoms with Gasteiger partial charge in [-0.1, -0.05) is 55.4 Å². The highest BCUT2D eigenvalue weighted by molar-refractivity contribution is 5.01. The van der Waals surface area contributed by atoms with Crippen LogP contribution in [0.15, 0.2) is 0 Å². The molecule has 0 amide bonds. The summed E-state index contributed by atoms with van der Waals surface area (Å²) >= 11 is 0. The molecule has 0 aromatic rings. The Morgan fingerprint density at radius 1 is 0.273 bits per heavy atom. The number of aliphatic hydroxyl groups is 10. The van der Waals surface area contributed by atoms with Crippen molar-refractivity contribution >= 4 is 0 Å². The molecule has 0 aromatic carbocycles. The second-order valence-electron chi connectivity index (χ2n) is 26.2. The van der Waals surface area contributed by atoms with Crippen molar-refractivity contribution in [1.29, 1.82) is 0 Å². The van der Waals surface area contributed by atoms with E-state index in [0.29, 0.717) is 55.8 Å². The molecule has 7 aliphatic carbocycles. The zero-order chi connectivity index (χ0) is 48.0. The van der Waals surface area contributed by atoms with E-state index in [1.807, 2.05) is 0 Å². The Morgan fingerprint density at radius 2 is 0.576 bits per heavy atom. The summed E-state index contributed by atoms with van der Waals surface area (Å²) in [5, 5.41) is 113. The van der Waals surface area contributed by atoms with Gasteiger partial charge in [0.25, 0.3) is 0 Å². The van der Waals surface area contributed by atoms with Crippen LogP contribution in [0.25, 0.3) is 0 Å². The highest BCUT2D eigenvalue weighted by Gasteiger charge is 2.51. The molecule has 66 heavy (non-hydrogen) atoms. The van der Waals surface area contributed by atoms with Gasteiger partial charge >= 0.3 is 0 Å². The molecule has 10 heteroatoms. The number of hydrogen-bond donors (Lipinski definition) is 10. The lowest BCUT2D eigenvalue weighted by Gasteiger charge is -2.51. The summed E-state index contributed by atoms with van der Waals surface area (Å²) in [4.78, 5) is 0. The molecule has 7 saturated carbocycles. The lowest BCUT2D eigenvalue weighted by molar-refractivity contribution is -0.120. The van der Waals surface area contributed by atoms with Crippen LogP contribution >= 0.6 is 0 Å². The molecule has 7 aliphatic rings. The van der Waals surface area contributed by atoms with Crippen LogP contribution in [0.2, 0.25) is 0 Å². The Morgan fingerprint density at radius 3 is 0.970 bits per heavy atom. The average molecular weight is 933 g/mol. The second kappa shape index (κ2) is 22.6. The van der Waals surface area contributed by atoms with Crippen molar-refractivity contribution < 1.29 is 51.1 Å². The molecule has 10 nitrogen and oxygen atoms in total. The van der Waals surface area contributed by atoms with Gasteiger partial charge in [0, 0.05) is 5.92 Å². The van der Waals surface area contributed by atoms with Crippen LogP contribution in [0.3, 0.4) is 0 Å². The van der Waals surface area contributed by atoms with Crippen LogP contribution in [0.1, 0.15) is 171 Å². The van der Waals surface area contributed by atoms with E-state index in [2.05, 4.69) is 55.4 Å². The Kier molecular flexibility index (Phi) is 18.3. The summed E-state index contributed by atoms with van der Waals surface area (Å²) in [6, 6.07) is 0. The number of rotatable bonds is 12. The highest BCUT2D eigenvalue weighted by Crippen LogP contribution is 2.53. The SMILES string of the molecule is CC1CC(CC2CC(C)C(O)C(CC3CC(C)C(O)C(CC4CCC(O)CC4O)C3C)C2C)C(O)C(CC2CC(C)C(O)C(CC3CC(C)C(O)C(CC4CCC(O)CC4O)C3C)C2O)C1. The van der Waals surface area contributed by atoms with Crippen LogP contribution in [-0.4, -0.2) is 112 Å². The molecule has 0 bridgehead atoms. The van der Waals surface area contributed by atoms with Crippen molar-refractivity contribution in [2.75, 3.05) is 0 Å². The standard InChI is InChI=1S/C56H100O10/c1-27-13-40(19-37-15-28(2)53(63)47(32(37)6)23-38-16-29(3)51(61)45(33(38)7)21-35-9-11-43(57)25-49(35)59)55(65)41(14-27)20-42-18-31(5)54(64)48(56(42)66)24-39-17-30(4)52(62)46(34(39)8)22-36-10-12-44(58)26-50(36)60/h27-66H,9-26H2,1-8H3. The van der Waals surface area contributed by atoms with Gasteiger partial charge in [-0.25, -0.2) is 0 Å². The van der Waals surface area contributed by atoms with Gasteiger partial charge < -0.3 is 51.1 Å². The molecule has 0 radical (unpaired) electrons. The molecule has 0 aromatic heterocycles. The van der Waals surface area contributed by atoms with E-state index in [-0.39, 0.29) is 101 Å². The van der Waals surface area contributed by atoms with Gasteiger partial charge in [-0.3, -0.25) is 0 Å². The molecule has 0 spiro atoms. The molecular formula is C56H100O10. The minimum atomic E-state index is -0.666. The van der Waals surface area contributed by atoms with Gasteiger partial charge in [0.1, 0.15) is 0 Å². The first kappa shape index (κ1) is 53.4. The third-order valence-corrected chi connectivity index (χ3v) is 21.7. The van der Waals surface area contributed by atoms with Crippen molar-refractivity contribution in [3.8, 4) is 0 Å². The van der Waals surface area contributed by atoms with Crippen molar-refractivity contribution in [2.45, 2.75) is 232 Å². The molecular weight excluding hydrogens is 833 g/mol. The quantitative estimate of drug-likeness (QED) is 0.0955. The first-order chi connectivity index (χ1) is 31.1. The molecule has 0 aliphatic heterocycles. The third-order valence-electron chi connectivity index (χ3n) is 21.7. The summed E-state index contributed by atoms with van der Waals surface area (Å²) in [6.45, 7) is 17.8. The maximum atomic E-state index is 12.4. The Hall–Kier alpha value is -0.400. The summed E-state index contributed by atoms with van der Waals surface area (Å²) in [5.74, 6) is 2.97. The van der Waals surface area contributed by atoms with E-state index in [1.165, 1.54) is 0 Å². The van der Waals surface area contributed by atoms with Gasteiger partial charge in [0.05, 0.1) is 61.0 Å². The Balaban J connectivity index is 0.981. The first-order valence-corrected chi connectivity index (χ1v) is 27.9. The number of hydrogen-bond acceptors (Lipinski definition) is 10. The smallest absolute Gasteiger partial charge is 0.0621 e. The van der Waals surface area contributed by atoms with Crippen LogP contribution < -0.4 is 0 Å². The lowest BCUT2D eigenvalue weighted by Crippen LogP contribution is -2.51. The highest BCUT2D eigenvalue weighted by atomic mass is 16.3. The van der Waals surface area contributed by atoms with E-state index in [0.717, 1.165) is 83.5 Å². The van der Waals surface area contributed by atoms with Crippen molar-refractivity contribution in [3.05, 3.63) is 0 Å². The van der Waals surface area contributed by atoms with E-state index >= 15 is 0 Å². The Bertz CT molecular complexity index is 1390.